The highest BCUT2D eigenvalue weighted by Gasteiger charge is 2.59. The second-order valence-corrected chi connectivity index (χ2v) is 18.9. The number of carbonyl (C=O) groups is 12. The van der Waals surface area contributed by atoms with Gasteiger partial charge >= 0.3 is 47.8 Å². The zero-order valence-electron chi connectivity index (χ0n) is 46.3. The first-order valence-corrected chi connectivity index (χ1v) is 25.1. The Balaban J connectivity index is 1.95. The molecular weight excluding hydrogens is 1100 g/mol. The van der Waals surface area contributed by atoms with Crippen molar-refractivity contribution in [3.05, 3.63) is 0 Å². The Kier molecular flexibility index (Phi) is 25.0. The van der Waals surface area contributed by atoms with Crippen LogP contribution in [-0.2, 0) is 129 Å². The van der Waals surface area contributed by atoms with Gasteiger partial charge in [0, 0.05) is 83.1 Å². The summed E-state index contributed by atoms with van der Waals surface area (Å²) in [6.07, 6.45) is -28.9. The van der Waals surface area contributed by atoms with Crippen molar-refractivity contribution in [1.29, 1.82) is 0 Å². The number of carbonyl (C=O) groups excluding carboxylic acids is 12. The minimum atomic E-state index is -2.03. The lowest BCUT2D eigenvalue weighted by atomic mass is 9.92. The molecule has 4 aliphatic heterocycles. The molecule has 0 aromatic carbocycles. The molecule has 33 heteroatoms. The van der Waals surface area contributed by atoms with Gasteiger partial charge in [-0.1, -0.05) is 0 Å². The first-order chi connectivity index (χ1) is 37.9. The summed E-state index contributed by atoms with van der Waals surface area (Å²) in [7, 11) is 0. The molecule has 0 saturated carbocycles. The van der Waals surface area contributed by atoms with Crippen LogP contribution in [0.2, 0.25) is 0 Å². The summed E-state index contributed by atoms with van der Waals surface area (Å²) in [4.78, 5) is 152. The summed E-state index contributed by atoms with van der Waals surface area (Å²) >= 11 is 0. The smallest absolute Gasteiger partial charge is 0.303 e. The largest absolute Gasteiger partial charge is 0.463 e. The van der Waals surface area contributed by atoms with E-state index in [1.165, 1.54) is 0 Å². The van der Waals surface area contributed by atoms with Crippen molar-refractivity contribution >= 4 is 71.4 Å². The molecule has 4 heterocycles. The van der Waals surface area contributed by atoms with Crippen molar-refractivity contribution in [2.24, 2.45) is 0 Å². The summed E-state index contributed by atoms with van der Waals surface area (Å²) in [6, 6.07) is -6.81. The zero-order chi connectivity index (χ0) is 60.7. The molecule has 20 atom stereocenters. The number of esters is 8. The quantitative estimate of drug-likeness (QED) is 0.0439. The van der Waals surface area contributed by atoms with E-state index < -0.39 is 220 Å². The van der Waals surface area contributed by atoms with Crippen molar-refractivity contribution in [3.63, 3.8) is 0 Å². The molecule has 10 unspecified atom stereocenters. The lowest BCUT2D eigenvalue weighted by molar-refractivity contribution is -0.362. The van der Waals surface area contributed by atoms with E-state index in [2.05, 4.69) is 21.3 Å². The number of aliphatic hydroxyl groups is 2. The van der Waals surface area contributed by atoms with Gasteiger partial charge in [0.15, 0.2) is 49.6 Å². The normalized spacial score (nSPS) is 33.6. The Labute approximate surface area is 462 Å². The molecule has 4 saturated heterocycles. The highest BCUT2D eigenvalue weighted by atomic mass is 16.8. The SMILES string of the molecule is CC(=O)NC1[C@H](O[C@H]2C(COC(C)=O)O[C@H](OC3C(COC(C)=O)O[C@@H](O[C@H]4C(COC(C)=O)O[C@H](O)[C@H](NC(C)=O)C4OC(C)=O)C(NC(C)=O)[C@H]3OC(C)=O)[C@H](NC(C)=O)C2OC(C)=O)OC(COC(C)=O)C(O)[C@@H]1OC(C)=O. The van der Waals surface area contributed by atoms with Gasteiger partial charge in [-0.05, 0) is 0 Å². The van der Waals surface area contributed by atoms with E-state index in [-0.39, 0.29) is 0 Å². The topological polar surface area (TPSA) is 432 Å². The van der Waals surface area contributed by atoms with Crippen LogP contribution in [0.15, 0.2) is 0 Å². The van der Waals surface area contributed by atoms with Gasteiger partial charge < -0.3 is 103 Å². The maximum absolute atomic E-state index is 13.3. The average Bonchev–Trinajstić information content (AvgIpc) is 3.33. The average molecular weight is 1170 g/mol. The molecule has 4 aliphatic rings. The Morgan fingerprint density at radius 1 is 0.321 bits per heavy atom. The predicted molar refractivity (Wildman–Crippen MR) is 257 cm³/mol. The summed E-state index contributed by atoms with van der Waals surface area (Å²) in [6.45, 7) is 9.12. The minimum Gasteiger partial charge on any atom is -0.463 e. The van der Waals surface area contributed by atoms with Crippen LogP contribution in [0.5, 0.6) is 0 Å². The summed E-state index contributed by atoms with van der Waals surface area (Å²) in [5.74, 6) is -10.8. The monoisotopic (exact) mass is 1170 g/mol. The summed E-state index contributed by atoms with van der Waals surface area (Å²) < 4.78 is 87.9. The lowest BCUT2D eigenvalue weighted by Crippen LogP contribution is -2.72. The Morgan fingerprint density at radius 3 is 0.864 bits per heavy atom. The first-order valence-electron chi connectivity index (χ1n) is 25.1. The fourth-order valence-electron chi connectivity index (χ4n) is 9.17. The molecule has 0 radical (unpaired) electrons. The van der Waals surface area contributed by atoms with Gasteiger partial charge in [0.2, 0.25) is 23.6 Å². The lowest BCUT2D eigenvalue weighted by Gasteiger charge is -2.52. The van der Waals surface area contributed by atoms with Gasteiger partial charge in [-0.15, -0.1) is 0 Å². The van der Waals surface area contributed by atoms with Gasteiger partial charge in [-0.2, -0.15) is 0 Å². The van der Waals surface area contributed by atoms with Crippen LogP contribution >= 0.6 is 0 Å². The summed E-state index contributed by atoms with van der Waals surface area (Å²) in [5, 5.41) is 32.5. The number of nitrogens with one attached hydrogen (secondary N) is 4. The third-order valence-electron chi connectivity index (χ3n) is 12.0. The van der Waals surface area contributed by atoms with Crippen molar-refractivity contribution in [2.75, 3.05) is 26.4 Å². The molecule has 81 heavy (non-hydrogen) atoms. The third kappa shape index (κ3) is 19.8. The number of ether oxygens (including phenoxy) is 15. The highest BCUT2D eigenvalue weighted by Crippen LogP contribution is 2.37. The zero-order valence-corrected chi connectivity index (χ0v) is 46.3. The van der Waals surface area contributed by atoms with Gasteiger partial charge in [-0.3, -0.25) is 57.5 Å². The number of amides is 4. The number of aliphatic hydroxyl groups excluding tert-OH is 2. The summed E-state index contributed by atoms with van der Waals surface area (Å²) in [5.41, 5.74) is 0. The van der Waals surface area contributed by atoms with E-state index >= 15 is 0 Å². The molecule has 0 aromatic heterocycles. The van der Waals surface area contributed by atoms with Crippen molar-refractivity contribution in [2.45, 2.75) is 206 Å². The number of hydrogen-bond acceptors (Lipinski definition) is 29. The Morgan fingerprint density at radius 2 is 0.568 bits per heavy atom. The van der Waals surface area contributed by atoms with E-state index in [0.29, 0.717) is 0 Å². The van der Waals surface area contributed by atoms with Gasteiger partial charge in [0.25, 0.3) is 0 Å². The second kappa shape index (κ2) is 30.4. The minimum absolute atomic E-state index is 0.680. The third-order valence-corrected chi connectivity index (χ3v) is 12.0. The van der Waals surface area contributed by atoms with Crippen LogP contribution in [0.4, 0.5) is 0 Å². The molecule has 0 spiro atoms. The molecule has 0 bridgehead atoms. The van der Waals surface area contributed by atoms with Crippen LogP contribution in [0.25, 0.3) is 0 Å². The molecule has 4 rings (SSSR count). The maximum Gasteiger partial charge on any atom is 0.303 e. The molecule has 0 aromatic rings. The molecule has 0 aliphatic carbocycles. The molecule has 4 fully saturated rings. The second-order valence-electron chi connectivity index (χ2n) is 18.9. The standard InChI is InChI=1S/C48H70N4O29/c1-17(53)49-33-42(72-26(10)62)38(30(75-45(33)66)14-68-22(6)58)79-47-35(51-19(3)55)44(74-28(12)64)40(32(77-47)16-70-24(8)60)81-48-36(52-20(4)56)43(73-27(11)63)39(31(78-48)15-69-23(7)59)80-46-34(50-18(2)54)41(71-25(9)61)37(65)29(76-46)13-67-21(5)57/h29-48,65-66H,13-16H2,1-12H3,(H,49,53)(H,50,54)(H,51,55)(H,52,56)/t29?,30?,31?,32?,33-,34?,35?,36-,37?,38+,39+,40?,41-,42?,43?,44-,45+,46+,47+,48-/m1/s1. The predicted octanol–water partition coefficient (Wildman–Crippen LogP) is -4.61. The fourth-order valence-corrected chi connectivity index (χ4v) is 9.17. The van der Waals surface area contributed by atoms with Crippen LogP contribution in [0, 0.1) is 0 Å². The van der Waals surface area contributed by atoms with Gasteiger partial charge in [0.05, 0.1) is 0 Å². The van der Waals surface area contributed by atoms with E-state index in [1.54, 1.807) is 0 Å². The van der Waals surface area contributed by atoms with Crippen LogP contribution < -0.4 is 21.3 Å². The molecule has 456 valence electrons. The van der Waals surface area contributed by atoms with E-state index in [9.17, 15) is 67.7 Å². The first kappa shape index (κ1) is 66.8. The fraction of sp³-hybridized carbons (Fsp3) is 0.750. The van der Waals surface area contributed by atoms with Crippen molar-refractivity contribution < 1.29 is 139 Å². The van der Waals surface area contributed by atoms with Gasteiger partial charge in [-0.25, -0.2) is 0 Å². The highest BCUT2D eigenvalue weighted by molar-refractivity contribution is 5.75. The van der Waals surface area contributed by atoms with Gasteiger partial charge in [0.1, 0.15) is 99.4 Å². The molecule has 6 N–H and O–H groups in total. The molecular formula is C48H70N4O29. The number of rotatable bonds is 22. The van der Waals surface area contributed by atoms with E-state index in [0.717, 1.165) is 83.1 Å². The van der Waals surface area contributed by atoms with Crippen molar-refractivity contribution in [1.82, 2.24) is 21.3 Å². The molecule has 33 nitrogen and oxygen atoms in total. The Hall–Kier alpha value is -6.72. The number of hydrogen-bond donors (Lipinski definition) is 6. The van der Waals surface area contributed by atoms with Crippen LogP contribution in [0.3, 0.4) is 0 Å². The van der Waals surface area contributed by atoms with E-state index in [1.807, 2.05) is 0 Å². The van der Waals surface area contributed by atoms with Crippen LogP contribution in [0.1, 0.15) is 83.1 Å². The van der Waals surface area contributed by atoms with E-state index in [4.69, 9.17) is 71.1 Å². The van der Waals surface area contributed by atoms with Crippen LogP contribution in [-0.4, -0.2) is 231 Å². The van der Waals surface area contributed by atoms with Crippen molar-refractivity contribution in [3.8, 4) is 0 Å². The maximum atomic E-state index is 13.3. The molecule has 4 amide bonds. The Bertz CT molecular complexity index is 2300.